The molecule has 22 heavy (non-hydrogen) atoms. The first kappa shape index (κ1) is 14.5. The number of aromatic nitrogens is 2. The number of nitrogens with zero attached hydrogens (tertiary/aromatic N) is 2. The molecule has 2 heterocycles. The maximum absolute atomic E-state index is 12.7. The molecule has 112 valence electrons. The van der Waals surface area contributed by atoms with E-state index < -0.39 is 0 Å². The van der Waals surface area contributed by atoms with Crippen molar-refractivity contribution in [3.63, 3.8) is 0 Å². The van der Waals surface area contributed by atoms with Gasteiger partial charge < -0.3 is 4.74 Å². The van der Waals surface area contributed by atoms with Crippen molar-refractivity contribution in [2.45, 2.75) is 13.0 Å². The summed E-state index contributed by atoms with van der Waals surface area (Å²) in [5.41, 5.74) is 1.73. The van der Waals surface area contributed by atoms with E-state index >= 15 is 0 Å². The Labute approximate surface area is 130 Å². The number of fused-ring (bicyclic) bond motifs is 1. The number of thiophene rings is 1. The maximum Gasteiger partial charge on any atom is 0.307 e. The number of esters is 1. The van der Waals surface area contributed by atoms with Gasteiger partial charge in [0.15, 0.2) is 0 Å². The monoisotopic (exact) mass is 314 g/mol. The van der Waals surface area contributed by atoms with Crippen molar-refractivity contribution in [1.82, 2.24) is 9.55 Å². The molecule has 6 heteroatoms. The van der Waals surface area contributed by atoms with Crippen LogP contribution in [0.2, 0.25) is 0 Å². The van der Waals surface area contributed by atoms with Crippen LogP contribution in [-0.2, 0) is 16.1 Å². The summed E-state index contributed by atoms with van der Waals surface area (Å²) in [4.78, 5) is 28.9. The minimum atomic E-state index is -0.347. The quantitative estimate of drug-likeness (QED) is 0.695. The molecular formula is C16H14N2O3S. The Morgan fingerprint density at radius 2 is 2.09 bits per heavy atom. The summed E-state index contributed by atoms with van der Waals surface area (Å²) in [6.45, 7) is 0.262. The molecule has 0 fully saturated rings. The standard InChI is InChI=1S/C16H14N2O3S/c1-21-13(19)7-8-18-10-17-15-14(16(18)20)12(9-22-15)11-5-3-2-4-6-11/h2-6,9-10H,7-8H2,1H3. The smallest absolute Gasteiger partial charge is 0.307 e. The van der Waals surface area contributed by atoms with E-state index in [1.165, 1.54) is 29.3 Å². The first-order valence-electron chi connectivity index (χ1n) is 6.79. The van der Waals surface area contributed by atoms with Crippen molar-refractivity contribution in [2.24, 2.45) is 0 Å². The van der Waals surface area contributed by atoms with Gasteiger partial charge in [0.25, 0.3) is 5.56 Å². The summed E-state index contributed by atoms with van der Waals surface area (Å²) < 4.78 is 6.06. The summed E-state index contributed by atoms with van der Waals surface area (Å²) in [6, 6.07) is 9.74. The van der Waals surface area contributed by atoms with Gasteiger partial charge in [-0.3, -0.25) is 14.2 Å². The molecule has 3 aromatic rings. The average molecular weight is 314 g/mol. The predicted octanol–water partition coefficient (Wildman–Crippen LogP) is 2.69. The van der Waals surface area contributed by atoms with Gasteiger partial charge in [-0.25, -0.2) is 4.98 Å². The second-order valence-electron chi connectivity index (χ2n) is 4.76. The van der Waals surface area contributed by atoms with Crippen LogP contribution in [0.1, 0.15) is 6.42 Å². The number of carbonyl (C=O) groups excluding carboxylic acids is 1. The summed E-state index contributed by atoms with van der Waals surface area (Å²) >= 11 is 1.44. The van der Waals surface area contributed by atoms with Crippen molar-refractivity contribution in [3.8, 4) is 11.1 Å². The van der Waals surface area contributed by atoms with E-state index in [1.54, 1.807) is 0 Å². The largest absolute Gasteiger partial charge is 0.469 e. The highest BCUT2D eigenvalue weighted by Crippen LogP contribution is 2.30. The van der Waals surface area contributed by atoms with Gasteiger partial charge in [0, 0.05) is 17.5 Å². The van der Waals surface area contributed by atoms with Crippen molar-refractivity contribution in [2.75, 3.05) is 7.11 Å². The van der Waals surface area contributed by atoms with Crippen LogP contribution >= 0.6 is 11.3 Å². The normalized spacial score (nSPS) is 10.8. The van der Waals surface area contributed by atoms with Crippen LogP contribution in [0.15, 0.2) is 46.8 Å². The number of carbonyl (C=O) groups is 1. The van der Waals surface area contributed by atoms with Crippen LogP contribution in [0.5, 0.6) is 0 Å². The third-order valence-electron chi connectivity index (χ3n) is 3.43. The fraction of sp³-hybridized carbons (Fsp3) is 0.188. The summed E-state index contributed by atoms with van der Waals surface area (Å²) in [6.07, 6.45) is 1.63. The summed E-state index contributed by atoms with van der Waals surface area (Å²) in [5, 5.41) is 2.54. The zero-order valence-electron chi connectivity index (χ0n) is 12.0. The van der Waals surface area contributed by atoms with Crippen molar-refractivity contribution in [1.29, 1.82) is 0 Å². The summed E-state index contributed by atoms with van der Waals surface area (Å²) in [7, 11) is 1.33. The molecule has 0 saturated heterocycles. The van der Waals surface area contributed by atoms with E-state index in [0.717, 1.165) is 11.1 Å². The van der Waals surface area contributed by atoms with Crippen molar-refractivity contribution < 1.29 is 9.53 Å². The Kier molecular flexibility index (Phi) is 4.02. The predicted molar refractivity (Wildman–Crippen MR) is 85.9 cm³/mol. The third kappa shape index (κ3) is 2.65. The summed E-state index contributed by atoms with van der Waals surface area (Å²) in [5.74, 6) is -0.347. The molecule has 0 bridgehead atoms. The van der Waals surface area contributed by atoms with Crippen molar-refractivity contribution >= 4 is 27.5 Å². The van der Waals surface area contributed by atoms with Crippen LogP contribution in [0.4, 0.5) is 0 Å². The highest BCUT2D eigenvalue weighted by molar-refractivity contribution is 7.17. The van der Waals surface area contributed by atoms with E-state index in [4.69, 9.17) is 0 Å². The zero-order valence-corrected chi connectivity index (χ0v) is 12.8. The SMILES string of the molecule is COC(=O)CCn1cnc2scc(-c3ccccc3)c2c1=O. The lowest BCUT2D eigenvalue weighted by Crippen LogP contribution is -2.22. The lowest BCUT2D eigenvalue weighted by Gasteiger charge is -2.05. The Balaban J connectivity index is 2.06. The number of rotatable bonds is 4. The van der Waals surface area contributed by atoms with Crippen LogP contribution in [-0.4, -0.2) is 22.6 Å². The van der Waals surface area contributed by atoms with Gasteiger partial charge >= 0.3 is 5.97 Å². The van der Waals surface area contributed by atoms with E-state index in [-0.39, 0.29) is 24.5 Å². The first-order valence-corrected chi connectivity index (χ1v) is 7.67. The lowest BCUT2D eigenvalue weighted by atomic mass is 10.1. The number of aryl methyl sites for hydroxylation is 1. The second kappa shape index (κ2) is 6.11. The van der Waals surface area contributed by atoms with Crippen molar-refractivity contribution in [3.05, 3.63) is 52.4 Å². The molecule has 2 aromatic heterocycles. The molecule has 5 nitrogen and oxygen atoms in total. The van der Waals surface area contributed by atoms with Gasteiger partial charge in [0.2, 0.25) is 0 Å². The average Bonchev–Trinajstić information content (AvgIpc) is 2.99. The molecule has 0 spiro atoms. The van der Waals surface area contributed by atoms with Gasteiger partial charge in [-0.1, -0.05) is 30.3 Å². The van der Waals surface area contributed by atoms with Crippen LogP contribution in [0, 0.1) is 0 Å². The topological polar surface area (TPSA) is 61.2 Å². The van der Waals surface area contributed by atoms with Gasteiger partial charge in [-0.05, 0) is 5.56 Å². The molecule has 0 radical (unpaired) electrons. The Morgan fingerprint density at radius 3 is 2.82 bits per heavy atom. The molecule has 0 amide bonds. The molecule has 0 aliphatic rings. The van der Waals surface area contributed by atoms with Crippen LogP contribution in [0.25, 0.3) is 21.3 Å². The molecular weight excluding hydrogens is 300 g/mol. The third-order valence-corrected chi connectivity index (χ3v) is 4.32. The molecule has 0 atom stereocenters. The number of benzene rings is 1. The molecule has 1 aromatic carbocycles. The molecule has 3 rings (SSSR count). The van der Waals surface area contributed by atoms with E-state index in [9.17, 15) is 9.59 Å². The van der Waals surface area contributed by atoms with E-state index in [0.29, 0.717) is 10.2 Å². The molecule has 0 unspecified atom stereocenters. The fourth-order valence-electron chi connectivity index (χ4n) is 2.27. The lowest BCUT2D eigenvalue weighted by molar-refractivity contribution is -0.140. The Bertz CT molecular complexity index is 868. The maximum atomic E-state index is 12.7. The molecule has 0 aliphatic carbocycles. The van der Waals surface area contributed by atoms with Crippen LogP contribution in [0.3, 0.4) is 0 Å². The van der Waals surface area contributed by atoms with E-state index in [1.807, 2.05) is 35.7 Å². The number of hydrogen-bond acceptors (Lipinski definition) is 5. The minimum absolute atomic E-state index is 0.131. The van der Waals surface area contributed by atoms with Gasteiger partial charge in [0.1, 0.15) is 4.83 Å². The van der Waals surface area contributed by atoms with Gasteiger partial charge in [0.05, 0.1) is 25.2 Å². The second-order valence-corrected chi connectivity index (χ2v) is 5.62. The highest BCUT2D eigenvalue weighted by Gasteiger charge is 2.13. The number of methoxy groups -OCH3 is 1. The highest BCUT2D eigenvalue weighted by atomic mass is 32.1. The van der Waals surface area contributed by atoms with Gasteiger partial charge in [-0.2, -0.15) is 0 Å². The number of hydrogen-bond donors (Lipinski definition) is 0. The Morgan fingerprint density at radius 1 is 1.32 bits per heavy atom. The molecule has 0 saturated carbocycles. The fourth-order valence-corrected chi connectivity index (χ4v) is 3.18. The molecule has 0 aliphatic heterocycles. The minimum Gasteiger partial charge on any atom is -0.469 e. The first-order chi connectivity index (χ1) is 10.7. The zero-order chi connectivity index (χ0) is 15.5. The van der Waals surface area contributed by atoms with E-state index in [2.05, 4.69) is 9.72 Å². The number of ether oxygens (including phenoxy) is 1. The van der Waals surface area contributed by atoms with Gasteiger partial charge in [-0.15, -0.1) is 11.3 Å². The molecule has 0 N–H and O–H groups in total. The Hall–Kier alpha value is -2.47. The van der Waals surface area contributed by atoms with Crippen LogP contribution < -0.4 is 5.56 Å².